The molecule has 0 aromatic heterocycles. The van der Waals surface area contributed by atoms with Crippen LogP contribution in [0.3, 0.4) is 0 Å². The number of benzene rings is 3. The molecule has 1 aliphatic carbocycles. The molecule has 0 unspecified atom stereocenters. The Morgan fingerprint density at radius 1 is 0.839 bits per heavy atom. The van der Waals surface area contributed by atoms with Gasteiger partial charge in [0.2, 0.25) is 0 Å². The molecule has 0 saturated carbocycles. The second-order valence-electron chi connectivity index (χ2n) is 7.44. The summed E-state index contributed by atoms with van der Waals surface area (Å²) < 4.78 is 69.5. The van der Waals surface area contributed by atoms with E-state index in [0.29, 0.717) is 6.42 Å². The standard InChI is InChI=1S/C25H19F5O/c1-2-15-3-5-16(6-4-15)17-7-8-18-12-21(22(26)14-20(18)11-17)19-9-10-24(23(27)13-19)31-25(28,29)30/h3-6,9-14H,2,7-8H2,1H3. The Labute approximate surface area is 176 Å². The minimum Gasteiger partial charge on any atom is -0.403 e. The number of rotatable bonds is 4. The summed E-state index contributed by atoms with van der Waals surface area (Å²) in [4.78, 5) is 0. The summed E-state index contributed by atoms with van der Waals surface area (Å²) in [5, 5.41) is 0. The monoisotopic (exact) mass is 430 g/mol. The van der Waals surface area contributed by atoms with Crippen molar-refractivity contribution in [3.63, 3.8) is 0 Å². The van der Waals surface area contributed by atoms with E-state index in [-0.39, 0.29) is 11.1 Å². The summed E-state index contributed by atoms with van der Waals surface area (Å²) in [6, 6.07) is 14.2. The quantitative estimate of drug-likeness (QED) is 0.388. The van der Waals surface area contributed by atoms with Crippen molar-refractivity contribution in [2.45, 2.75) is 32.5 Å². The molecule has 0 fully saturated rings. The van der Waals surface area contributed by atoms with Crippen LogP contribution in [0.1, 0.15) is 35.6 Å². The lowest BCUT2D eigenvalue weighted by Crippen LogP contribution is -2.17. The van der Waals surface area contributed by atoms with Gasteiger partial charge in [-0.2, -0.15) is 0 Å². The summed E-state index contributed by atoms with van der Waals surface area (Å²) in [6.07, 6.45) is -0.633. The number of ether oxygens (including phenoxy) is 1. The molecule has 0 heterocycles. The van der Waals surface area contributed by atoms with Crippen molar-refractivity contribution in [3.8, 4) is 16.9 Å². The van der Waals surface area contributed by atoms with E-state index in [4.69, 9.17) is 0 Å². The van der Waals surface area contributed by atoms with Gasteiger partial charge in [-0.1, -0.05) is 43.3 Å². The van der Waals surface area contributed by atoms with Crippen LogP contribution in [-0.2, 0) is 12.8 Å². The van der Waals surface area contributed by atoms with Crippen molar-refractivity contribution < 1.29 is 26.7 Å². The first-order valence-corrected chi connectivity index (χ1v) is 9.91. The molecule has 0 bridgehead atoms. The zero-order valence-corrected chi connectivity index (χ0v) is 16.7. The highest BCUT2D eigenvalue weighted by atomic mass is 19.4. The van der Waals surface area contributed by atoms with Gasteiger partial charge in [0.25, 0.3) is 0 Å². The Balaban J connectivity index is 1.65. The third kappa shape index (κ3) is 4.63. The fraction of sp³-hybridized carbons (Fsp3) is 0.200. The molecular formula is C25H19F5O. The van der Waals surface area contributed by atoms with Crippen molar-refractivity contribution in [2.24, 2.45) is 0 Å². The van der Waals surface area contributed by atoms with E-state index >= 15 is 0 Å². The molecule has 1 aliphatic rings. The molecular weight excluding hydrogens is 411 g/mol. The van der Waals surface area contributed by atoms with Gasteiger partial charge in [-0.3, -0.25) is 0 Å². The summed E-state index contributed by atoms with van der Waals surface area (Å²) in [5.74, 6) is -2.72. The fourth-order valence-electron chi connectivity index (χ4n) is 3.79. The number of hydrogen-bond donors (Lipinski definition) is 0. The van der Waals surface area contributed by atoms with Gasteiger partial charge in [0.15, 0.2) is 11.6 Å². The van der Waals surface area contributed by atoms with Crippen molar-refractivity contribution >= 4 is 11.6 Å². The van der Waals surface area contributed by atoms with Crippen LogP contribution in [0, 0.1) is 11.6 Å². The Bertz CT molecular complexity index is 1140. The minimum absolute atomic E-state index is 0.139. The van der Waals surface area contributed by atoms with Crippen LogP contribution in [0.5, 0.6) is 5.75 Å². The topological polar surface area (TPSA) is 9.23 Å². The molecule has 3 aromatic rings. The van der Waals surface area contributed by atoms with Crippen molar-refractivity contribution in [1.82, 2.24) is 0 Å². The molecule has 160 valence electrons. The van der Waals surface area contributed by atoms with Gasteiger partial charge < -0.3 is 4.74 Å². The number of allylic oxidation sites excluding steroid dienone is 1. The van der Waals surface area contributed by atoms with Crippen LogP contribution in [0.4, 0.5) is 22.0 Å². The SMILES string of the molecule is CCc1ccc(C2=Cc3cc(F)c(-c4ccc(OC(F)(F)F)c(F)c4)cc3CC2)cc1. The summed E-state index contributed by atoms with van der Waals surface area (Å²) >= 11 is 0. The second kappa shape index (κ2) is 8.17. The Hall–Kier alpha value is -3.15. The maximum Gasteiger partial charge on any atom is 0.573 e. The number of hydrogen-bond acceptors (Lipinski definition) is 1. The first-order chi connectivity index (χ1) is 14.7. The highest BCUT2D eigenvalue weighted by Crippen LogP contribution is 2.36. The molecule has 0 spiro atoms. The molecule has 4 rings (SSSR count). The molecule has 0 N–H and O–H groups in total. The van der Waals surface area contributed by atoms with Gasteiger partial charge in [-0.15, -0.1) is 13.2 Å². The predicted octanol–water partition coefficient (Wildman–Crippen LogP) is 7.58. The third-order valence-corrected chi connectivity index (χ3v) is 5.42. The lowest BCUT2D eigenvalue weighted by molar-refractivity contribution is -0.275. The van der Waals surface area contributed by atoms with Gasteiger partial charge in [-0.25, -0.2) is 8.78 Å². The van der Waals surface area contributed by atoms with E-state index in [9.17, 15) is 22.0 Å². The highest BCUT2D eigenvalue weighted by molar-refractivity contribution is 5.85. The molecule has 0 radical (unpaired) electrons. The highest BCUT2D eigenvalue weighted by Gasteiger charge is 2.32. The molecule has 31 heavy (non-hydrogen) atoms. The van der Waals surface area contributed by atoms with E-state index < -0.39 is 23.7 Å². The lowest BCUT2D eigenvalue weighted by Gasteiger charge is -2.19. The van der Waals surface area contributed by atoms with E-state index in [2.05, 4.69) is 35.9 Å². The molecule has 0 amide bonds. The smallest absolute Gasteiger partial charge is 0.403 e. The average molecular weight is 430 g/mol. The number of fused-ring (bicyclic) bond motifs is 1. The largest absolute Gasteiger partial charge is 0.573 e. The number of aryl methyl sites for hydroxylation is 2. The summed E-state index contributed by atoms with van der Waals surface area (Å²) in [6.45, 7) is 2.09. The predicted molar refractivity (Wildman–Crippen MR) is 110 cm³/mol. The summed E-state index contributed by atoms with van der Waals surface area (Å²) in [7, 11) is 0. The van der Waals surface area contributed by atoms with Crippen LogP contribution < -0.4 is 4.74 Å². The molecule has 0 saturated heterocycles. The van der Waals surface area contributed by atoms with Gasteiger partial charge in [0.1, 0.15) is 5.82 Å². The van der Waals surface area contributed by atoms with Crippen LogP contribution >= 0.6 is 0 Å². The van der Waals surface area contributed by atoms with Crippen LogP contribution in [0.25, 0.3) is 22.8 Å². The van der Waals surface area contributed by atoms with Gasteiger partial charge in [0.05, 0.1) is 0 Å². The van der Waals surface area contributed by atoms with E-state index in [1.807, 2.05) is 6.08 Å². The number of halogens is 5. The van der Waals surface area contributed by atoms with E-state index in [1.54, 1.807) is 6.07 Å². The zero-order chi connectivity index (χ0) is 22.2. The van der Waals surface area contributed by atoms with Gasteiger partial charge in [0, 0.05) is 5.56 Å². The molecule has 0 atom stereocenters. The van der Waals surface area contributed by atoms with Crippen LogP contribution in [0.15, 0.2) is 54.6 Å². The van der Waals surface area contributed by atoms with E-state index in [1.165, 1.54) is 17.7 Å². The molecule has 6 heteroatoms. The average Bonchev–Trinajstić information content (AvgIpc) is 2.73. The van der Waals surface area contributed by atoms with Crippen molar-refractivity contribution in [1.29, 1.82) is 0 Å². The van der Waals surface area contributed by atoms with Gasteiger partial charge in [-0.05, 0) is 76.9 Å². The first kappa shape index (κ1) is 21.1. The van der Waals surface area contributed by atoms with Crippen molar-refractivity contribution in [3.05, 3.63) is 88.5 Å². The maximum atomic E-state index is 14.8. The van der Waals surface area contributed by atoms with Crippen LogP contribution in [-0.4, -0.2) is 6.36 Å². The molecule has 0 aliphatic heterocycles. The number of alkyl halides is 3. The molecule has 3 aromatic carbocycles. The Morgan fingerprint density at radius 2 is 1.55 bits per heavy atom. The zero-order valence-electron chi connectivity index (χ0n) is 16.7. The Kier molecular flexibility index (Phi) is 5.56. The summed E-state index contributed by atoms with van der Waals surface area (Å²) in [5.41, 5.74) is 5.39. The lowest BCUT2D eigenvalue weighted by atomic mass is 9.86. The van der Waals surface area contributed by atoms with E-state index in [0.717, 1.165) is 47.2 Å². The second-order valence-corrected chi connectivity index (χ2v) is 7.44. The third-order valence-electron chi connectivity index (χ3n) is 5.42. The minimum atomic E-state index is -5.00. The molecule has 1 nitrogen and oxygen atoms in total. The Morgan fingerprint density at radius 3 is 2.19 bits per heavy atom. The van der Waals surface area contributed by atoms with Gasteiger partial charge >= 0.3 is 6.36 Å². The maximum absolute atomic E-state index is 14.8. The van der Waals surface area contributed by atoms with Crippen molar-refractivity contribution in [2.75, 3.05) is 0 Å². The first-order valence-electron chi connectivity index (χ1n) is 9.91. The van der Waals surface area contributed by atoms with Crippen LogP contribution in [0.2, 0.25) is 0 Å². The normalized spacial score (nSPS) is 13.5. The fourth-order valence-corrected chi connectivity index (χ4v) is 3.79.